The first-order valence-corrected chi connectivity index (χ1v) is 10.8. The normalized spacial score (nSPS) is 15.6. The number of aryl methyl sites for hydroxylation is 1. The Morgan fingerprint density at radius 1 is 1.04 bits per heavy atom. The second kappa shape index (κ2) is 7.35. The lowest BCUT2D eigenvalue weighted by molar-refractivity contribution is -0.665. The zero-order valence-electron chi connectivity index (χ0n) is 19.3. The number of aromatic nitrogens is 1. The van der Waals surface area contributed by atoms with Crippen molar-refractivity contribution >= 4 is 10.8 Å². The molecule has 3 aromatic rings. The smallest absolute Gasteiger partial charge is 0.198 e. The molecule has 0 radical (unpaired) electrons. The molecular weight excluding hydrogens is 338 g/mol. The molecule has 1 aromatic heterocycles. The summed E-state index contributed by atoms with van der Waals surface area (Å²) in [6.07, 6.45) is 5.34. The number of rotatable bonds is 3. The second-order valence-corrected chi connectivity index (χ2v) is 9.07. The van der Waals surface area contributed by atoms with E-state index in [0.717, 1.165) is 11.1 Å². The highest BCUT2D eigenvalue weighted by Gasteiger charge is 2.24. The summed E-state index contributed by atoms with van der Waals surface area (Å²) >= 11 is 0. The minimum Gasteiger partial charge on any atom is -0.198 e. The van der Waals surface area contributed by atoms with Crippen molar-refractivity contribution in [1.29, 1.82) is 0 Å². The van der Waals surface area contributed by atoms with E-state index in [1.165, 1.54) is 64.6 Å². The Morgan fingerprint density at radius 2 is 1.75 bits per heavy atom. The first-order chi connectivity index (χ1) is 13.8. The molecule has 2 aromatic carbocycles. The van der Waals surface area contributed by atoms with Crippen LogP contribution in [0.2, 0.25) is 0 Å². The molecule has 0 unspecified atom stereocenters. The van der Waals surface area contributed by atoms with Gasteiger partial charge in [-0.15, -0.1) is 0 Å². The van der Waals surface area contributed by atoms with Crippen molar-refractivity contribution in [1.82, 2.24) is 0 Å². The van der Waals surface area contributed by atoms with Gasteiger partial charge in [0.15, 0.2) is 5.69 Å². The van der Waals surface area contributed by atoms with Gasteiger partial charge in [-0.05, 0) is 78.3 Å². The fourth-order valence-corrected chi connectivity index (χ4v) is 4.81. The first-order valence-electron chi connectivity index (χ1n) is 11.3. The third-order valence-electron chi connectivity index (χ3n) is 6.89. The Morgan fingerprint density at radius 3 is 2.43 bits per heavy atom. The average molecular weight is 374 g/mol. The van der Waals surface area contributed by atoms with Crippen LogP contribution in [0.3, 0.4) is 0 Å². The van der Waals surface area contributed by atoms with Crippen molar-refractivity contribution in [3.8, 4) is 11.3 Å². The van der Waals surface area contributed by atoms with Crippen LogP contribution in [0.4, 0.5) is 0 Å². The Hall–Kier alpha value is -2.15. The van der Waals surface area contributed by atoms with Gasteiger partial charge in [-0.1, -0.05) is 44.9 Å². The van der Waals surface area contributed by atoms with Gasteiger partial charge in [0.05, 0.1) is 12.3 Å². The molecule has 1 heterocycles. The van der Waals surface area contributed by atoms with Gasteiger partial charge in [0.1, 0.15) is 7.05 Å². The Kier molecular flexibility index (Phi) is 4.70. The number of fused-ring (bicyclic) bond motifs is 1. The number of hydrogen-bond donors (Lipinski definition) is 0. The van der Waals surface area contributed by atoms with E-state index >= 15 is 0 Å². The van der Waals surface area contributed by atoms with E-state index in [-0.39, 0.29) is 0 Å². The highest BCUT2D eigenvalue weighted by molar-refractivity contribution is 5.94. The minimum atomic E-state index is 0.464. The summed E-state index contributed by atoms with van der Waals surface area (Å²) in [5.41, 5.74) is 9.15. The van der Waals surface area contributed by atoms with Gasteiger partial charge in [0.2, 0.25) is 5.69 Å². The SMILES string of the molecule is [2H]c1c(C)[n+](C)c(-c2cc(C3CCCC3)cc(C)c2C)c2ccc(C(C)C)cc12. The number of pyridine rings is 1. The molecule has 1 aliphatic rings. The third kappa shape index (κ3) is 3.26. The van der Waals surface area contributed by atoms with Crippen molar-refractivity contribution < 1.29 is 5.94 Å². The van der Waals surface area contributed by atoms with Crippen LogP contribution >= 0.6 is 0 Å². The molecule has 0 amide bonds. The van der Waals surface area contributed by atoms with Crippen LogP contribution in [0.15, 0.2) is 36.4 Å². The zero-order chi connectivity index (χ0) is 20.9. The zero-order valence-corrected chi connectivity index (χ0v) is 18.3. The van der Waals surface area contributed by atoms with Gasteiger partial charge in [0.25, 0.3) is 0 Å². The summed E-state index contributed by atoms with van der Waals surface area (Å²) in [7, 11) is 2.12. The van der Waals surface area contributed by atoms with Crippen LogP contribution in [0, 0.1) is 20.8 Å². The standard InChI is InChI=1S/C27H34N/c1-17(2)22-11-12-25-24(15-22)14-19(4)28(6)27(25)26-16-23(13-18(3)20(26)5)21-9-7-8-10-21/h11-17,21H,7-10H2,1-6H3/q+1/i14D. The summed E-state index contributed by atoms with van der Waals surface area (Å²) in [4.78, 5) is 0. The summed E-state index contributed by atoms with van der Waals surface area (Å²) in [6.45, 7) is 11.0. The molecular formula is C27H34N+. The second-order valence-electron chi connectivity index (χ2n) is 9.07. The quantitative estimate of drug-likeness (QED) is 0.434. The van der Waals surface area contributed by atoms with Gasteiger partial charge in [-0.2, -0.15) is 4.57 Å². The van der Waals surface area contributed by atoms with Gasteiger partial charge in [-0.25, -0.2) is 0 Å². The maximum atomic E-state index is 8.78. The van der Waals surface area contributed by atoms with Crippen molar-refractivity contribution in [3.05, 3.63) is 64.3 Å². The van der Waals surface area contributed by atoms with E-state index in [4.69, 9.17) is 1.37 Å². The van der Waals surface area contributed by atoms with Gasteiger partial charge >= 0.3 is 0 Å². The molecule has 1 saturated carbocycles. The lowest BCUT2D eigenvalue weighted by atomic mass is 9.88. The molecule has 0 aliphatic heterocycles. The third-order valence-corrected chi connectivity index (χ3v) is 6.89. The average Bonchev–Trinajstić information content (AvgIpc) is 3.24. The molecule has 0 saturated heterocycles. The molecule has 0 N–H and O–H groups in total. The highest BCUT2D eigenvalue weighted by atomic mass is 14.9. The maximum Gasteiger partial charge on any atom is 0.220 e. The molecule has 1 aliphatic carbocycles. The predicted octanol–water partition coefficient (Wildman–Crippen LogP) is 7.04. The summed E-state index contributed by atoms with van der Waals surface area (Å²) < 4.78 is 11.0. The van der Waals surface area contributed by atoms with Crippen LogP contribution < -0.4 is 4.57 Å². The molecule has 146 valence electrons. The van der Waals surface area contributed by atoms with E-state index in [0.29, 0.717) is 17.9 Å². The van der Waals surface area contributed by atoms with Gasteiger partial charge in [0, 0.05) is 13.0 Å². The fraction of sp³-hybridized carbons (Fsp3) is 0.444. The van der Waals surface area contributed by atoms with E-state index in [9.17, 15) is 0 Å². The summed E-state index contributed by atoms with van der Waals surface area (Å²) in [5.74, 6) is 1.17. The molecule has 4 rings (SSSR count). The number of nitrogens with zero attached hydrogens (tertiary/aromatic N) is 1. The molecule has 1 nitrogen and oxygen atoms in total. The topological polar surface area (TPSA) is 3.88 Å². The molecule has 28 heavy (non-hydrogen) atoms. The Labute approximate surface area is 171 Å². The number of benzene rings is 2. The molecule has 1 fully saturated rings. The molecule has 0 bridgehead atoms. The minimum absolute atomic E-state index is 0.464. The fourth-order valence-electron chi connectivity index (χ4n) is 4.81. The van der Waals surface area contributed by atoms with Crippen molar-refractivity contribution in [3.63, 3.8) is 0 Å². The van der Waals surface area contributed by atoms with Crippen LogP contribution in [0.25, 0.3) is 22.0 Å². The lowest BCUT2D eigenvalue weighted by Gasteiger charge is -2.17. The van der Waals surface area contributed by atoms with Crippen molar-refractivity contribution in [2.45, 2.75) is 72.1 Å². The van der Waals surface area contributed by atoms with E-state index in [1.54, 1.807) is 0 Å². The molecule has 0 spiro atoms. The lowest BCUT2D eigenvalue weighted by Crippen LogP contribution is -2.35. The van der Waals surface area contributed by atoms with Gasteiger partial charge in [-0.3, -0.25) is 0 Å². The van der Waals surface area contributed by atoms with Gasteiger partial charge < -0.3 is 0 Å². The molecule has 1 heteroatoms. The van der Waals surface area contributed by atoms with Crippen LogP contribution in [-0.2, 0) is 7.05 Å². The van der Waals surface area contributed by atoms with Crippen molar-refractivity contribution in [2.75, 3.05) is 0 Å². The number of hydrogen-bond acceptors (Lipinski definition) is 0. The first kappa shape index (κ1) is 17.9. The van der Waals surface area contributed by atoms with E-state index < -0.39 is 0 Å². The predicted molar refractivity (Wildman–Crippen MR) is 120 cm³/mol. The highest BCUT2D eigenvalue weighted by Crippen LogP contribution is 2.39. The van der Waals surface area contributed by atoms with Crippen molar-refractivity contribution in [2.24, 2.45) is 7.05 Å². The Bertz CT molecular complexity index is 1090. The maximum absolute atomic E-state index is 8.78. The molecule has 0 atom stereocenters. The summed E-state index contributed by atoms with van der Waals surface area (Å²) in [5, 5.41) is 2.27. The largest absolute Gasteiger partial charge is 0.220 e. The van der Waals surface area contributed by atoms with Crippen LogP contribution in [-0.4, -0.2) is 0 Å². The monoisotopic (exact) mass is 373 g/mol. The summed E-state index contributed by atoms with van der Waals surface area (Å²) in [6, 6.07) is 12.2. The Balaban J connectivity index is 2.03. The van der Waals surface area contributed by atoms with Crippen LogP contribution in [0.1, 0.15) is 80.7 Å². The van der Waals surface area contributed by atoms with Crippen LogP contribution in [0.5, 0.6) is 0 Å². The van der Waals surface area contributed by atoms with E-state index in [1.807, 2.05) is 0 Å². The van der Waals surface area contributed by atoms with E-state index in [2.05, 4.69) is 76.6 Å².